The summed E-state index contributed by atoms with van der Waals surface area (Å²) in [6, 6.07) is 13.2. The molecule has 3 rings (SSSR count). The number of methoxy groups -OCH3 is 2. The van der Waals surface area contributed by atoms with E-state index in [2.05, 4.69) is 21.9 Å². The van der Waals surface area contributed by atoms with Gasteiger partial charge in [0.1, 0.15) is 11.6 Å². The molecular formula is C22H29FN2O2. The van der Waals surface area contributed by atoms with E-state index in [1.807, 2.05) is 18.2 Å². The molecule has 146 valence electrons. The zero-order chi connectivity index (χ0) is 19.1. The fourth-order valence-corrected chi connectivity index (χ4v) is 3.65. The fraction of sp³-hybridized carbons (Fsp3) is 0.455. The summed E-state index contributed by atoms with van der Waals surface area (Å²) in [7, 11) is 3.40. The summed E-state index contributed by atoms with van der Waals surface area (Å²) in [6.45, 7) is 6.60. The summed E-state index contributed by atoms with van der Waals surface area (Å²) >= 11 is 0. The van der Waals surface area contributed by atoms with Crippen LogP contribution in [0.25, 0.3) is 0 Å². The van der Waals surface area contributed by atoms with Crippen molar-refractivity contribution >= 4 is 0 Å². The number of benzene rings is 2. The van der Waals surface area contributed by atoms with Gasteiger partial charge in [0.05, 0.1) is 13.7 Å². The molecule has 1 saturated heterocycles. The van der Waals surface area contributed by atoms with Gasteiger partial charge in [-0.2, -0.15) is 0 Å². The molecule has 0 amide bonds. The van der Waals surface area contributed by atoms with E-state index in [-0.39, 0.29) is 5.82 Å². The van der Waals surface area contributed by atoms with Gasteiger partial charge in [0.2, 0.25) is 0 Å². The highest BCUT2D eigenvalue weighted by atomic mass is 19.1. The molecule has 1 heterocycles. The summed E-state index contributed by atoms with van der Waals surface area (Å²) in [5, 5.41) is 0. The highest BCUT2D eigenvalue weighted by Crippen LogP contribution is 2.22. The molecule has 0 saturated carbocycles. The lowest BCUT2D eigenvalue weighted by Gasteiger charge is -2.22. The Morgan fingerprint density at radius 3 is 2.11 bits per heavy atom. The Kier molecular flexibility index (Phi) is 7.21. The van der Waals surface area contributed by atoms with Crippen LogP contribution in [0.1, 0.15) is 23.1 Å². The molecule has 0 atom stereocenters. The zero-order valence-electron chi connectivity index (χ0n) is 16.3. The summed E-state index contributed by atoms with van der Waals surface area (Å²) in [5.74, 6) is 0.704. The van der Waals surface area contributed by atoms with Gasteiger partial charge < -0.3 is 9.47 Å². The van der Waals surface area contributed by atoms with E-state index in [1.54, 1.807) is 26.4 Å². The van der Waals surface area contributed by atoms with Gasteiger partial charge in [0.25, 0.3) is 0 Å². The minimum absolute atomic E-state index is 0.173. The van der Waals surface area contributed by atoms with Crippen LogP contribution in [0.5, 0.6) is 5.75 Å². The van der Waals surface area contributed by atoms with Gasteiger partial charge in [-0.1, -0.05) is 18.2 Å². The third-order valence-corrected chi connectivity index (χ3v) is 5.05. The van der Waals surface area contributed by atoms with Crippen molar-refractivity contribution in [2.45, 2.75) is 26.1 Å². The Balaban J connectivity index is 1.56. The van der Waals surface area contributed by atoms with Crippen LogP contribution in [-0.4, -0.2) is 50.2 Å². The third-order valence-electron chi connectivity index (χ3n) is 5.05. The Morgan fingerprint density at radius 1 is 0.852 bits per heavy atom. The van der Waals surface area contributed by atoms with E-state index in [1.165, 1.54) is 11.1 Å². The van der Waals surface area contributed by atoms with Gasteiger partial charge >= 0.3 is 0 Å². The molecule has 0 aromatic heterocycles. The SMILES string of the molecule is COCc1cc(CN2CCCN(Cc3ccc(F)cc3)CC2)ccc1OC. The van der Waals surface area contributed by atoms with E-state index >= 15 is 0 Å². The normalized spacial score (nSPS) is 16.3. The van der Waals surface area contributed by atoms with Crippen molar-refractivity contribution in [2.75, 3.05) is 40.4 Å². The molecule has 1 aliphatic heterocycles. The number of halogens is 1. The standard InChI is InChI=1S/C22H29FN2O2/c1-26-17-20-14-19(6-9-22(20)27-2)16-25-11-3-10-24(12-13-25)15-18-4-7-21(23)8-5-18/h4-9,14H,3,10-13,15-17H2,1-2H3. The quantitative estimate of drug-likeness (QED) is 0.740. The van der Waals surface area contributed by atoms with E-state index in [4.69, 9.17) is 9.47 Å². The lowest BCUT2D eigenvalue weighted by molar-refractivity contribution is 0.181. The Hall–Kier alpha value is -1.95. The second kappa shape index (κ2) is 9.83. The average Bonchev–Trinajstić information content (AvgIpc) is 2.89. The minimum atomic E-state index is -0.173. The monoisotopic (exact) mass is 372 g/mol. The summed E-state index contributed by atoms with van der Waals surface area (Å²) < 4.78 is 23.8. The van der Waals surface area contributed by atoms with Gasteiger partial charge in [-0.25, -0.2) is 4.39 Å². The van der Waals surface area contributed by atoms with Crippen molar-refractivity contribution in [3.05, 3.63) is 65.0 Å². The van der Waals surface area contributed by atoms with Gasteiger partial charge in [0, 0.05) is 38.9 Å². The maximum atomic E-state index is 13.1. The van der Waals surface area contributed by atoms with Crippen molar-refractivity contribution in [2.24, 2.45) is 0 Å². The van der Waals surface area contributed by atoms with Crippen LogP contribution >= 0.6 is 0 Å². The molecule has 0 bridgehead atoms. The largest absolute Gasteiger partial charge is 0.496 e. The van der Waals surface area contributed by atoms with Gasteiger partial charge in [-0.3, -0.25) is 9.80 Å². The summed E-state index contributed by atoms with van der Waals surface area (Å²) in [5.41, 5.74) is 3.55. The molecule has 5 heteroatoms. The number of nitrogens with zero attached hydrogens (tertiary/aromatic N) is 2. The predicted octanol–water partition coefficient (Wildman–Crippen LogP) is 3.69. The van der Waals surface area contributed by atoms with Crippen LogP contribution < -0.4 is 4.74 Å². The van der Waals surface area contributed by atoms with Crippen LogP contribution in [0.3, 0.4) is 0 Å². The van der Waals surface area contributed by atoms with Crippen LogP contribution in [0.15, 0.2) is 42.5 Å². The molecule has 0 radical (unpaired) electrons. The number of hydrogen-bond donors (Lipinski definition) is 0. The fourth-order valence-electron chi connectivity index (χ4n) is 3.65. The smallest absolute Gasteiger partial charge is 0.124 e. The minimum Gasteiger partial charge on any atom is -0.496 e. The second-order valence-corrected chi connectivity index (χ2v) is 7.11. The molecule has 0 unspecified atom stereocenters. The first-order valence-electron chi connectivity index (χ1n) is 9.52. The van der Waals surface area contributed by atoms with Gasteiger partial charge in [-0.05, 0) is 54.9 Å². The van der Waals surface area contributed by atoms with Crippen molar-refractivity contribution in [1.82, 2.24) is 9.80 Å². The average molecular weight is 372 g/mol. The first-order chi connectivity index (χ1) is 13.2. The van der Waals surface area contributed by atoms with Crippen LogP contribution in [-0.2, 0) is 24.4 Å². The predicted molar refractivity (Wildman–Crippen MR) is 105 cm³/mol. The zero-order valence-corrected chi connectivity index (χ0v) is 16.3. The maximum Gasteiger partial charge on any atom is 0.124 e. The van der Waals surface area contributed by atoms with Crippen LogP contribution in [0.2, 0.25) is 0 Å². The van der Waals surface area contributed by atoms with Crippen molar-refractivity contribution in [1.29, 1.82) is 0 Å². The Labute approximate surface area is 161 Å². The summed E-state index contributed by atoms with van der Waals surface area (Å²) in [6.07, 6.45) is 1.14. The first-order valence-corrected chi connectivity index (χ1v) is 9.52. The Morgan fingerprint density at radius 2 is 1.48 bits per heavy atom. The molecule has 1 aliphatic rings. The highest BCUT2D eigenvalue weighted by molar-refractivity contribution is 5.37. The molecular weight excluding hydrogens is 343 g/mol. The number of rotatable bonds is 7. The molecule has 0 spiro atoms. The third kappa shape index (κ3) is 5.76. The van der Waals surface area contributed by atoms with Crippen molar-refractivity contribution in [3.63, 3.8) is 0 Å². The molecule has 27 heavy (non-hydrogen) atoms. The van der Waals surface area contributed by atoms with E-state index in [9.17, 15) is 4.39 Å². The molecule has 0 aliphatic carbocycles. The topological polar surface area (TPSA) is 24.9 Å². The van der Waals surface area contributed by atoms with Crippen molar-refractivity contribution < 1.29 is 13.9 Å². The van der Waals surface area contributed by atoms with Crippen molar-refractivity contribution in [3.8, 4) is 5.75 Å². The molecule has 4 nitrogen and oxygen atoms in total. The lowest BCUT2D eigenvalue weighted by atomic mass is 10.1. The van der Waals surface area contributed by atoms with Gasteiger partial charge in [0.15, 0.2) is 0 Å². The summed E-state index contributed by atoms with van der Waals surface area (Å²) in [4.78, 5) is 4.96. The number of hydrogen-bond acceptors (Lipinski definition) is 4. The molecule has 1 fully saturated rings. The Bertz CT molecular complexity index is 721. The highest BCUT2D eigenvalue weighted by Gasteiger charge is 2.16. The molecule has 0 N–H and O–H groups in total. The maximum absolute atomic E-state index is 13.1. The van der Waals surface area contributed by atoms with Crippen LogP contribution in [0.4, 0.5) is 4.39 Å². The van der Waals surface area contributed by atoms with E-state index in [0.29, 0.717) is 6.61 Å². The lowest BCUT2D eigenvalue weighted by Crippen LogP contribution is -2.30. The van der Waals surface area contributed by atoms with E-state index in [0.717, 1.165) is 57.0 Å². The molecule has 2 aromatic carbocycles. The second-order valence-electron chi connectivity index (χ2n) is 7.11. The molecule has 2 aromatic rings. The van der Waals surface area contributed by atoms with Crippen LogP contribution in [0, 0.1) is 5.82 Å². The van der Waals surface area contributed by atoms with E-state index < -0.39 is 0 Å². The first kappa shape index (κ1) is 19.8. The van der Waals surface area contributed by atoms with Gasteiger partial charge in [-0.15, -0.1) is 0 Å². The number of ether oxygens (including phenoxy) is 2.